The van der Waals surface area contributed by atoms with E-state index in [1.807, 2.05) is 13.0 Å². The lowest BCUT2D eigenvalue weighted by molar-refractivity contribution is -0.119. The smallest absolute Gasteiger partial charge is 0.238 e. The van der Waals surface area contributed by atoms with Gasteiger partial charge in [-0.15, -0.1) is 0 Å². The van der Waals surface area contributed by atoms with Crippen molar-refractivity contribution in [2.45, 2.75) is 6.92 Å². The van der Waals surface area contributed by atoms with E-state index in [1.54, 1.807) is 18.2 Å². The third kappa shape index (κ3) is 5.32. The molecule has 2 rings (SSSR count). The largest absolute Gasteiger partial charge is 0.325 e. The van der Waals surface area contributed by atoms with E-state index in [1.165, 1.54) is 11.9 Å². The second-order valence-electron chi connectivity index (χ2n) is 5.86. The standard InChI is InChI=1S/C18H18F3N3O2/c1-11-4-3-5-12(8-11)22-15(25)9-24(2)10-16(26)23-14-7-6-13(19)17(20)18(14)21/h3-8H,9-10H2,1-2H3,(H,22,25)(H,23,26). The van der Waals surface area contributed by atoms with Crippen molar-refractivity contribution in [2.24, 2.45) is 0 Å². The van der Waals surface area contributed by atoms with Gasteiger partial charge in [0.1, 0.15) is 0 Å². The number of carbonyl (C=O) groups is 2. The predicted octanol–water partition coefficient (Wildman–Crippen LogP) is 2.92. The minimum atomic E-state index is -1.66. The summed E-state index contributed by atoms with van der Waals surface area (Å²) in [6.45, 7) is 1.57. The van der Waals surface area contributed by atoms with E-state index in [0.29, 0.717) is 11.8 Å². The molecule has 0 fully saturated rings. The monoisotopic (exact) mass is 365 g/mol. The van der Waals surface area contributed by atoms with Gasteiger partial charge in [0, 0.05) is 5.69 Å². The average molecular weight is 365 g/mol. The molecule has 0 radical (unpaired) electrons. The lowest BCUT2D eigenvalue weighted by Gasteiger charge is -2.16. The number of nitrogens with zero attached hydrogens (tertiary/aromatic N) is 1. The van der Waals surface area contributed by atoms with E-state index in [4.69, 9.17) is 0 Å². The molecule has 138 valence electrons. The fourth-order valence-corrected chi connectivity index (χ4v) is 2.28. The Hall–Kier alpha value is -2.87. The van der Waals surface area contributed by atoms with Crippen molar-refractivity contribution in [3.8, 4) is 0 Å². The highest BCUT2D eigenvalue weighted by Gasteiger charge is 2.16. The van der Waals surface area contributed by atoms with Crippen LogP contribution in [0.1, 0.15) is 5.56 Å². The summed E-state index contributed by atoms with van der Waals surface area (Å²) in [6, 6.07) is 8.88. The highest BCUT2D eigenvalue weighted by atomic mass is 19.2. The number of amides is 2. The number of benzene rings is 2. The fraction of sp³-hybridized carbons (Fsp3) is 0.222. The zero-order chi connectivity index (χ0) is 19.3. The minimum Gasteiger partial charge on any atom is -0.325 e. The second-order valence-corrected chi connectivity index (χ2v) is 5.86. The number of halogens is 3. The molecule has 0 aliphatic rings. The van der Waals surface area contributed by atoms with E-state index in [0.717, 1.165) is 11.6 Å². The number of nitrogens with one attached hydrogen (secondary N) is 2. The quantitative estimate of drug-likeness (QED) is 0.774. The SMILES string of the molecule is Cc1cccc(NC(=O)CN(C)CC(=O)Nc2ccc(F)c(F)c2F)c1. The van der Waals surface area contributed by atoms with Crippen LogP contribution in [0.15, 0.2) is 36.4 Å². The summed E-state index contributed by atoms with van der Waals surface area (Å²) < 4.78 is 39.6. The molecule has 0 saturated carbocycles. The average Bonchev–Trinajstić information content (AvgIpc) is 2.55. The molecule has 8 heteroatoms. The Morgan fingerprint density at radius 1 is 0.962 bits per heavy atom. The van der Waals surface area contributed by atoms with Crippen molar-refractivity contribution in [2.75, 3.05) is 30.8 Å². The minimum absolute atomic E-state index is 0.0817. The van der Waals surface area contributed by atoms with Gasteiger partial charge in [0.15, 0.2) is 17.5 Å². The number of likely N-dealkylation sites (N-methyl/N-ethyl adjacent to an activating group) is 1. The van der Waals surface area contributed by atoms with Crippen molar-refractivity contribution in [3.05, 3.63) is 59.4 Å². The molecule has 0 spiro atoms. The third-order valence-electron chi connectivity index (χ3n) is 3.44. The van der Waals surface area contributed by atoms with Crippen LogP contribution in [0.25, 0.3) is 0 Å². The number of hydrogen-bond acceptors (Lipinski definition) is 3. The molecule has 0 aliphatic heterocycles. The first-order valence-electron chi connectivity index (χ1n) is 7.74. The third-order valence-corrected chi connectivity index (χ3v) is 3.44. The van der Waals surface area contributed by atoms with Crippen molar-refractivity contribution in [3.63, 3.8) is 0 Å². The highest BCUT2D eigenvalue weighted by molar-refractivity contribution is 5.94. The Balaban J connectivity index is 1.87. The van der Waals surface area contributed by atoms with Gasteiger partial charge in [-0.25, -0.2) is 13.2 Å². The highest BCUT2D eigenvalue weighted by Crippen LogP contribution is 2.19. The van der Waals surface area contributed by atoms with Gasteiger partial charge < -0.3 is 10.6 Å². The summed E-state index contributed by atoms with van der Waals surface area (Å²) in [6.07, 6.45) is 0. The van der Waals surface area contributed by atoms with Crippen LogP contribution in [0, 0.1) is 24.4 Å². The van der Waals surface area contributed by atoms with Gasteiger partial charge in [-0.2, -0.15) is 0 Å². The van der Waals surface area contributed by atoms with Crippen LogP contribution in [-0.4, -0.2) is 36.9 Å². The van der Waals surface area contributed by atoms with E-state index in [-0.39, 0.29) is 19.0 Å². The molecule has 2 amide bonds. The van der Waals surface area contributed by atoms with Crippen molar-refractivity contribution in [1.29, 1.82) is 0 Å². The van der Waals surface area contributed by atoms with Crippen molar-refractivity contribution < 1.29 is 22.8 Å². The van der Waals surface area contributed by atoms with Gasteiger partial charge in [0.2, 0.25) is 11.8 Å². The Morgan fingerprint density at radius 3 is 2.27 bits per heavy atom. The maximum atomic E-state index is 13.5. The molecule has 5 nitrogen and oxygen atoms in total. The van der Waals surface area contributed by atoms with Crippen LogP contribution < -0.4 is 10.6 Å². The molecule has 2 N–H and O–H groups in total. The normalized spacial score (nSPS) is 10.7. The van der Waals surface area contributed by atoms with Gasteiger partial charge in [0.05, 0.1) is 18.8 Å². The lowest BCUT2D eigenvalue weighted by Crippen LogP contribution is -2.36. The molecular formula is C18H18F3N3O2. The van der Waals surface area contributed by atoms with E-state index < -0.39 is 29.0 Å². The predicted molar refractivity (Wildman–Crippen MR) is 92.3 cm³/mol. The molecule has 0 bridgehead atoms. The molecule has 0 atom stereocenters. The molecule has 0 heterocycles. The van der Waals surface area contributed by atoms with Crippen molar-refractivity contribution in [1.82, 2.24) is 4.90 Å². The first-order valence-corrected chi connectivity index (χ1v) is 7.74. The Bertz CT molecular complexity index is 827. The first-order chi connectivity index (χ1) is 12.3. The molecule has 0 unspecified atom stereocenters. The zero-order valence-corrected chi connectivity index (χ0v) is 14.3. The molecular weight excluding hydrogens is 347 g/mol. The van der Waals surface area contributed by atoms with Crippen molar-refractivity contribution >= 4 is 23.2 Å². The number of aryl methyl sites for hydroxylation is 1. The lowest BCUT2D eigenvalue weighted by atomic mass is 10.2. The summed E-state index contributed by atoms with van der Waals surface area (Å²) in [4.78, 5) is 25.3. The summed E-state index contributed by atoms with van der Waals surface area (Å²) >= 11 is 0. The van der Waals surface area contributed by atoms with Crippen LogP contribution >= 0.6 is 0 Å². The Morgan fingerprint density at radius 2 is 1.62 bits per heavy atom. The van der Waals surface area contributed by atoms with E-state index in [2.05, 4.69) is 10.6 Å². The van der Waals surface area contributed by atoms with Gasteiger partial charge in [-0.05, 0) is 43.8 Å². The summed E-state index contributed by atoms with van der Waals surface area (Å²) in [5, 5.41) is 4.84. The van der Waals surface area contributed by atoms with Crippen LogP contribution in [0.3, 0.4) is 0 Å². The number of hydrogen-bond donors (Lipinski definition) is 2. The Labute approximate surface area is 148 Å². The number of carbonyl (C=O) groups excluding carboxylic acids is 2. The second kappa shape index (κ2) is 8.48. The summed E-state index contributed by atoms with van der Waals surface area (Å²) in [5.41, 5.74) is 1.16. The molecule has 2 aromatic rings. The van der Waals surface area contributed by atoms with Crippen LogP contribution in [0.4, 0.5) is 24.5 Å². The van der Waals surface area contributed by atoms with E-state index in [9.17, 15) is 22.8 Å². The summed E-state index contributed by atoms with van der Waals surface area (Å²) in [5.74, 6) is -5.47. The molecule has 26 heavy (non-hydrogen) atoms. The summed E-state index contributed by atoms with van der Waals surface area (Å²) in [7, 11) is 1.52. The fourth-order valence-electron chi connectivity index (χ4n) is 2.28. The molecule has 0 aliphatic carbocycles. The van der Waals surface area contributed by atoms with Gasteiger partial charge in [0.25, 0.3) is 0 Å². The Kier molecular flexibility index (Phi) is 6.35. The maximum Gasteiger partial charge on any atom is 0.238 e. The van der Waals surface area contributed by atoms with Gasteiger partial charge >= 0.3 is 0 Å². The van der Waals surface area contributed by atoms with E-state index >= 15 is 0 Å². The molecule has 2 aromatic carbocycles. The number of anilines is 2. The first kappa shape index (κ1) is 19.5. The number of rotatable bonds is 6. The molecule has 0 aromatic heterocycles. The van der Waals surface area contributed by atoms with Gasteiger partial charge in [-0.1, -0.05) is 12.1 Å². The van der Waals surface area contributed by atoms with Crippen LogP contribution in [0.2, 0.25) is 0 Å². The molecule has 0 saturated heterocycles. The van der Waals surface area contributed by atoms with Gasteiger partial charge in [-0.3, -0.25) is 14.5 Å². The van der Waals surface area contributed by atoms with Crippen LogP contribution in [-0.2, 0) is 9.59 Å². The topological polar surface area (TPSA) is 61.4 Å². The van der Waals surface area contributed by atoms with Crippen LogP contribution in [0.5, 0.6) is 0 Å². The zero-order valence-electron chi connectivity index (χ0n) is 14.3. The maximum absolute atomic E-state index is 13.5.